The molecule has 1 N–H and O–H groups in total. The van der Waals surface area contributed by atoms with Gasteiger partial charge in [0.25, 0.3) is 0 Å². The summed E-state index contributed by atoms with van der Waals surface area (Å²) in [7, 11) is 1.34. The number of methoxy groups -OCH3 is 1. The summed E-state index contributed by atoms with van der Waals surface area (Å²) in [6.07, 6.45) is 0. The fraction of sp³-hybridized carbons (Fsp3) is 0.0833. The van der Waals surface area contributed by atoms with E-state index in [1.54, 1.807) is 24.3 Å². The van der Waals surface area contributed by atoms with Crippen LogP contribution < -0.4 is 4.74 Å². The monoisotopic (exact) mass is 264 g/mol. The number of hydrogen-bond donors (Lipinski definition) is 1. The van der Waals surface area contributed by atoms with Gasteiger partial charge in [-0.1, -0.05) is 29.8 Å². The minimum Gasteiger partial charge on any atom is -0.479 e. The van der Waals surface area contributed by atoms with Crippen LogP contribution in [0.2, 0.25) is 5.02 Å². The van der Waals surface area contributed by atoms with Gasteiger partial charge in [-0.05, 0) is 12.1 Å². The lowest BCUT2D eigenvalue weighted by atomic mass is 10.1. The van der Waals surface area contributed by atoms with Gasteiger partial charge < -0.3 is 9.84 Å². The Balaban J connectivity index is 2.57. The summed E-state index contributed by atoms with van der Waals surface area (Å²) in [6.45, 7) is 0. The number of benzene rings is 1. The maximum absolute atomic E-state index is 11.1. The van der Waals surface area contributed by atoms with Crippen molar-refractivity contribution in [2.75, 3.05) is 7.11 Å². The van der Waals surface area contributed by atoms with E-state index in [9.17, 15) is 4.79 Å². The summed E-state index contributed by atoms with van der Waals surface area (Å²) in [5, 5.41) is 17.2. The Bertz CT molecular complexity index is 602. The van der Waals surface area contributed by atoms with E-state index in [2.05, 4.69) is 10.2 Å². The molecule has 2 rings (SSSR count). The predicted octanol–water partition coefficient (Wildman–Crippen LogP) is 2.50. The van der Waals surface area contributed by atoms with Gasteiger partial charge in [-0.15, -0.1) is 10.2 Å². The Labute approximate surface area is 108 Å². The molecule has 0 atom stereocenters. The number of halogens is 1. The molecule has 0 aliphatic rings. The van der Waals surface area contributed by atoms with Gasteiger partial charge >= 0.3 is 5.97 Å². The number of aromatic carboxylic acids is 1. The molecule has 5 nitrogen and oxygen atoms in total. The highest BCUT2D eigenvalue weighted by atomic mass is 35.5. The smallest absolute Gasteiger partial charge is 0.341 e. The van der Waals surface area contributed by atoms with E-state index in [0.29, 0.717) is 16.3 Å². The van der Waals surface area contributed by atoms with Crippen LogP contribution in [0.5, 0.6) is 5.88 Å². The molecule has 18 heavy (non-hydrogen) atoms. The number of nitrogens with zero attached hydrogens (tertiary/aromatic N) is 2. The Morgan fingerprint density at radius 2 is 2.06 bits per heavy atom. The zero-order chi connectivity index (χ0) is 13.1. The van der Waals surface area contributed by atoms with Gasteiger partial charge in [0.2, 0.25) is 5.88 Å². The zero-order valence-corrected chi connectivity index (χ0v) is 10.2. The van der Waals surface area contributed by atoms with Crippen molar-refractivity contribution < 1.29 is 14.6 Å². The second-order valence-corrected chi connectivity index (χ2v) is 3.84. The fourth-order valence-electron chi connectivity index (χ4n) is 1.49. The highest BCUT2D eigenvalue weighted by Crippen LogP contribution is 2.27. The molecule has 1 heterocycles. The molecular formula is C12H9ClN2O3. The third kappa shape index (κ3) is 2.26. The quantitative estimate of drug-likeness (QED) is 0.922. The minimum absolute atomic E-state index is 0.0293. The second-order valence-electron chi connectivity index (χ2n) is 3.44. The van der Waals surface area contributed by atoms with Crippen LogP contribution in [-0.2, 0) is 0 Å². The van der Waals surface area contributed by atoms with Crippen molar-refractivity contribution in [1.29, 1.82) is 0 Å². The highest BCUT2D eigenvalue weighted by molar-refractivity contribution is 6.33. The maximum Gasteiger partial charge on any atom is 0.341 e. The first-order chi connectivity index (χ1) is 8.63. The predicted molar refractivity (Wildman–Crippen MR) is 66.0 cm³/mol. The number of carboxylic acid groups (broad SMARTS) is 1. The standard InChI is InChI=1S/C12H9ClN2O3/c1-18-11-8(12(16)17)6-10(14-15-11)7-4-2-3-5-9(7)13/h2-6H,1H3,(H,16,17). The van der Waals surface area contributed by atoms with Crippen LogP contribution in [0.25, 0.3) is 11.3 Å². The van der Waals surface area contributed by atoms with Crippen LogP contribution in [0.3, 0.4) is 0 Å². The Morgan fingerprint density at radius 1 is 1.33 bits per heavy atom. The molecule has 0 saturated carbocycles. The summed E-state index contributed by atoms with van der Waals surface area (Å²) >= 11 is 6.02. The van der Waals surface area contributed by atoms with Gasteiger partial charge in [-0.3, -0.25) is 0 Å². The molecule has 0 amide bonds. The van der Waals surface area contributed by atoms with Gasteiger partial charge in [0.15, 0.2) is 0 Å². The molecule has 0 bridgehead atoms. The molecule has 0 spiro atoms. The van der Waals surface area contributed by atoms with Gasteiger partial charge in [0, 0.05) is 5.56 Å². The number of aromatic nitrogens is 2. The topological polar surface area (TPSA) is 72.3 Å². The molecule has 92 valence electrons. The Kier molecular flexibility index (Phi) is 3.43. The average molecular weight is 265 g/mol. The molecule has 1 aromatic heterocycles. The van der Waals surface area contributed by atoms with E-state index in [-0.39, 0.29) is 11.4 Å². The van der Waals surface area contributed by atoms with E-state index in [4.69, 9.17) is 21.4 Å². The van der Waals surface area contributed by atoms with E-state index < -0.39 is 5.97 Å². The van der Waals surface area contributed by atoms with Crippen LogP contribution >= 0.6 is 11.6 Å². The largest absolute Gasteiger partial charge is 0.479 e. The molecule has 0 fully saturated rings. The molecule has 0 aliphatic carbocycles. The highest BCUT2D eigenvalue weighted by Gasteiger charge is 2.16. The van der Waals surface area contributed by atoms with Gasteiger partial charge in [0.05, 0.1) is 17.8 Å². The zero-order valence-electron chi connectivity index (χ0n) is 9.42. The maximum atomic E-state index is 11.1. The van der Waals surface area contributed by atoms with E-state index in [0.717, 1.165) is 0 Å². The van der Waals surface area contributed by atoms with Crippen LogP contribution in [0.15, 0.2) is 30.3 Å². The first-order valence-corrected chi connectivity index (χ1v) is 5.41. The van der Waals surface area contributed by atoms with Crippen LogP contribution in [0, 0.1) is 0 Å². The van der Waals surface area contributed by atoms with Crippen molar-refractivity contribution in [1.82, 2.24) is 10.2 Å². The molecule has 1 aromatic carbocycles. The van der Waals surface area contributed by atoms with Gasteiger partial charge in [-0.2, -0.15) is 0 Å². The third-order valence-corrected chi connectivity index (χ3v) is 2.66. The third-order valence-electron chi connectivity index (χ3n) is 2.33. The molecule has 0 radical (unpaired) electrons. The number of ether oxygens (including phenoxy) is 1. The molecule has 2 aromatic rings. The lowest BCUT2D eigenvalue weighted by molar-refractivity contribution is 0.0692. The molecule has 6 heteroatoms. The Hall–Kier alpha value is -2.14. The lowest BCUT2D eigenvalue weighted by Gasteiger charge is -2.06. The summed E-state index contributed by atoms with van der Waals surface area (Å²) in [5.74, 6) is -1.16. The van der Waals surface area contributed by atoms with Crippen LogP contribution in [0.1, 0.15) is 10.4 Å². The number of rotatable bonds is 3. The molecule has 0 unspecified atom stereocenters. The summed E-state index contributed by atoms with van der Waals surface area (Å²) < 4.78 is 4.84. The van der Waals surface area contributed by atoms with Gasteiger partial charge in [-0.25, -0.2) is 4.79 Å². The van der Waals surface area contributed by atoms with E-state index in [1.807, 2.05) is 0 Å². The van der Waals surface area contributed by atoms with Crippen LogP contribution in [-0.4, -0.2) is 28.4 Å². The van der Waals surface area contributed by atoms with Crippen molar-refractivity contribution in [2.24, 2.45) is 0 Å². The Morgan fingerprint density at radius 3 is 2.67 bits per heavy atom. The number of carboxylic acids is 1. The summed E-state index contributed by atoms with van der Waals surface area (Å²) in [5.41, 5.74) is 0.957. The van der Waals surface area contributed by atoms with Crippen molar-refractivity contribution >= 4 is 17.6 Å². The van der Waals surface area contributed by atoms with Crippen LogP contribution in [0.4, 0.5) is 0 Å². The van der Waals surface area contributed by atoms with Crippen molar-refractivity contribution in [3.05, 3.63) is 40.9 Å². The normalized spacial score (nSPS) is 10.1. The van der Waals surface area contributed by atoms with Crippen molar-refractivity contribution in [3.63, 3.8) is 0 Å². The summed E-state index contributed by atoms with van der Waals surface area (Å²) in [4.78, 5) is 11.1. The second kappa shape index (κ2) is 5.01. The molecule has 0 saturated heterocycles. The molecule has 0 aliphatic heterocycles. The van der Waals surface area contributed by atoms with Gasteiger partial charge in [0.1, 0.15) is 5.56 Å². The van der Waals surface area contributed by atoms with E-state index in [1.165, 1.54) is 13.2 Å². The first kappa shape index (κ1) is 12.3. The lowest BCUT2D eigenvalue weighted by Crippen LogP contribution is -2.04. The SMILES string of the molecule is COc1nnc(-c2ccccc2Cl)cc1C(=O)O. The summed E-state index contributed by atoms with van der Waals surface area (Å²) in [6, 6.07) is 8.39. The number of hydrogen-bond acceptors (Lipinski definition) is 4. The van der Waals surface area contributed by atoms with E-state index >= 15 is 0 Å². The average Bonchev–Trinajstić information content (AvgIpc) is 2.38. The molecular weight excluding hydrogens is 256 g/mol. The van der Waals surface area contributed by atoms with Crippen molar-refractivity contribution in [3.8, 4) is 17.1 Å². The fourth-order valence-corrected chi connectivity index (χ4v) is 1.72. The minimum atomic E-state index is -1.13. The first-order valence-electron chi connectivity index (χ1n) is 5.03. The number of carbonyl (C=O) groups is 1. The van der Waals surface area contributed by atoms with Crippen molar-refractivity contribution in [2.45, 2.75) is 0 Å².